The largest absolute Gasteiger partial charge is 0.475 e. The quantitative estimate of drug-likeness (QED) is 0.629. The van der Waals surface area contributed by atoms with Crippen LogP contribution in [0, 0.1) is 11.6 Å². The summed E-state index contributed by atoms with van der Waals surface area (Å²) in [4.78, 5) is 20.7. The van der Waals surface area contributed by atoms with Crippen molar-refractivity contribution in [3.8, 4) is 11.8 Å². The summed E-state index contributed by atoms with van der Waals surface area (Å²) in [7, 11) is 0. The lowest BCUT2D eigenvalue weighted by atomic mass is 10.2. The van der Waals surface area contributed by atoms with Crippen molar-refractivity contribution < 1.29 is 23.0 Å². The highest BCUT2D eigenvalue weighted by atomic mass is 32.1. The van der Waals surface area contributed by atoms with Gasteiger partial charge in [0.25, 0.3) is 5.91 Å². The number of hydrogen-bond donors (Lipinski definition) is 1. The molecule has 0 spiro atoms. The third-order valence-corrected chi connectivity index (χ3v) is 4.05. The number of aromatic nitrogens is 2. The first-order chi connectivity index (χ1) is 13.4. The standard InChI is InChI=1S/C19H17F2N3O3S/c1-11(2)27-17-8-13(18(25)24-19-22-3-4-28-19)7-16(23-17)26-10-12-5-14(20)9-15(21)6-12/h3-9,11H,10H2,1-2H3,(H,22,24,25). The predicted octanol–water partition coefficient (Wildman–Crippen LogP) is 4.43. The predicted molar refractivity (Wildman–Crippen MR) is 101 cm³/mol. The van der Waals surface area contributed by atoms with E-state index in [0.29, 0.717) is 10.7 Å². The first-order valence-electron chi connectivity index (χ1n) is 8.36. The van der Waals surface area contributed by atoms with Crippen LogP contribution in [0.2, 0.25) is 0 Å². The van der Waals surface area contributed by atoms with Gasteiger partial charge in [-0.1, -0.05) is 0 Å². The Hall–Kier alpha value is -3.07. The Labute approximate surface area is 164 Å². The molecule has 0 bridgehead atoms. The molecule has 0 atom stereocenters. The van der Waals surface area contributed by atoms with E-state index >= 15 is 0 Å². The molecule has 0 aliphatic carbocycles. The van der Waals surface area contributed by atoms with Gasteiger partial charge in [0.15, 0.2) is 5.13 Å². The number of ether oxygens (including phenoxy) is 2. The van der Waals surface area contributed by atoms with E-state index in [1.54, 1.807) is 11.6 Å². The summed E-state index contributed by atoms with van der Waals surface area (Å²) < 4.78 is 37.7. The van der Waals surface area contributed by atoms with E-state index in [1.165, 1.54) is 23.5 Å². The summed E-state index contributed by atoms with van der Waals surface area (Å²) >= 11 is 1.28. The number of amides is 1. The number of carbonyl (C=O) groups excluding carboxylic acids is 1. The van der Waals surface area contributed by atoms with Gasteiger partial charge in [0.2, 0.25) is 11.8 Å². The highest BCUT2D eigenvalue weighted by Gasteiger charge is 2.14. The molecule has 0 aliphatic rings. The van der Waals surface area contributed by atoms with Crippen molar-refractivity contribution in [1.29, 1.82) is 0 Å². The van der Waals surface area contributed by atoms with Crippen LogP contribution in [0.15, 0.2) is 41.9 Å². The van der Waals surface area contributed by atoms with E-state index in [1.807, 2.05) is 13.8 Å². The Balaban J connectivity index is 1.81. The Kier molecular flexibility index (Phi) is 6.15. The SMILES string of the molecule is CC(C)Oc1cc(C(=O)Nc2nccs2)cc(OCc2cc(F)cc(F)c2)n1. The van der Waals surface area contributed by atoms with Crippen molar-refractivity contribution in [2.75, 3.05) is 5.32 Å². The van der Waals surface area contributed by atoms with Crippen molar-refractivity contribution in [1.82, 2.24) is 9.97 Å². The number of rotatable bonds is 7. The van der Waals surface area contributed by atoms with Crippen molar-refractivity contribution in [2.45, 2.75) is 26.6 Å². The van der Waals surface area contributed by atoms with Gasteiger partial charge in [-0.2, -0.15) is 4.98 Å². The van der Waals surface area contributed by atoms with Crippen LogP contribution in [-0.2, 0) is 6.61 Å². The number of benzene rings is 1. The topological polar surface area (TPSA) is 73.3 Å². The molecule has 6 nitrogen and oxygen atoms in total. The molecule has 2 aromatic heterocycles. The van der Waals surface area contributed by atoms with E-state index in [-0.39, 0.29) is 30.0 Å². The minimum Gasteiger partial charge on any atom is -0.475 e. The molecule has 146 valence electrons. The molecule has 1 N–H and O–H groups in total. The van der Waals surface area contributed by atoms with Crippen LogP contribution in [0.5, 0.6) is 11.8 Å². The third kappa shape index (κ3) is 5.46. The molecule has 2 heterocycles. The fraction of sp³-hybridized carbons (Fsp3) is 0.211. The van der Waals surface area contributed by atoms with Crippen LogP contribution in [0.3, 0.4) is 0 Å². The van der Waals surface area contributed by atoms with Crippen LogP contribution < -0.4 is 14.8 Å². The highest BCUT2D eigenvalue weighted by Crippen LogP contribution is 2.22. The summed E-state index contributed by atoms with van der Waals surface area (Å²) in [5.41, 5.74) is 0.546. The van der Waals surface area contributed by atoms with Crippen LogP contribution in [0.1, 0.15) is 29.8 Å². The van der Waals surface area contributed by atoms with E-state index in [4.69, 9.17) is 9.47 Å². The molecule has 0 saturated heterocycles. The lowest BCUT2D eigenvalue weighted by Gasteiger charge is -2.13. The number of hydrogen-bond acceptors (Lipinski definition) is 6. The zero-order valence-corrected chi connectivity index (χ0v) is 15.9. The highest BCUT2D eigenvalue weighted by molar-refractivity contribution is 7.13. The molecule has 3 aromatic rings. The Morgan fingerprint density at radius 2 is 1.86 bits per heavy atom. The molecule has 0 saturated carbocycles. The molecule has 1 aromatic carbocycles. The maximum absolute atomic E-state index is 13.3. The Morgan fingerprint density at radius 3 is 2.50 bits per heavy atom. The molecular formula is C19H17F2N3O3S. The van der Waals surface area contributed by atoms with Gasteiger partial charge in [-0.25, -0.2) is 13.8 Å². The lowest BCUT2D eigenvalue weighted by molar-refractivity contribution is 0.102. The van der Waals surface area contributed by atoms with Gasteiger partial charge < -0.3 is 9.47 Å². The molecule has 0 fully saturated rings. The van der Waals surface area contributed by atoms with E-state index < -0.39 is 17.5 Å². The number of carbonyl (C=O) groups is 1. The lowest BCUT2D eigenvalue weighted by Crippen LogP contribution is -2.14. The Morgan fingerprint density at radius 1 is 1.14 bits per heavy atom. The zero-order chi connectivity index (χ0) is 20.1. The monoisotopic (exact) mass is 405 g/mol. The number of pyridine rings is 1. The molecule has 28 heavy (non-hydrogen) atoms. The number of halogens is 2. The molecule has 0 unspecified atom stereocenters. The van der Waals surface area contributed by atoms with Crippen LogP contribution in [0.25, 0.3) is 0 Å². The van der Waals surface area contributed by atoms with E-state index in [9.17, 15) is 13.6 Å². The maximum Gasteiger partial charge on any atom is 0.257 e. The van der Waals surface area contributed by atoms with Gasteiger partial charge in [0.05, 0.1) is 11.7 Å². The van der Waals surface area contributed by atoms with Gasteiger partial charge in [-0.15, -0.1) is 11.3 Å². The zero-order valence-electron chi connectivity index (χ0n) is 15.1. The third-order valence-electron chi connectivity index (χ3n) is 3.36. The van der Waals surface area contributed by atoms with E-state index in [0.717, 1.165) is 18.2 Å². The first-order valence-corrected chi connectivity index (χ1v) is 9.24. The minimum absolute atomic E-state index is 0.0899. The van der Waals surface area contributed by atoms with Crippen molar-refractivity contribution in [2.24, 2.45) is 0 Å². The second-order valence-corrected chi connectivity index (χ2v) is 6.95. The summed E-state index contributed by atoms with van der Waals surface area (Å²) in [5.74, 6) is -1.53. The van der Waals surface area contributed by atoms with Crippen molar-refractivity contribution in [3.05, 3.63) is 64.7 Å². The van der Waals surface area contributed by atoms with Crippen LogP contribution >= 0.6 is 11.3 Å². The van der Waals surface area contributed by atoms with Crippen LogP contribution in [0.4, 0.5) is 13.9 Å². The summed E-state index contributed by atoms with van der Waals surface area (Å²) in [6.07, 6.45) is 1.40. The summed E-state index contributed by atoms with van der Waals surface area (Å²) in [6.45, 7) is 3.51. The van der Waals surface area contributed by atoms with Gasteiger partial charge in [-0.3, -0.25) is 10.1 Å². The Bertz CT molecular complexity index is 945. The fourth-order valence-electron chi connectivity index (χ4n) is 2.29. The molecule has 3 rings (SSSR count). The second kappa shape index (κ2) is 8.75. The number of nitrogens with one attached hydrogen (secondary N) is 1. The molecule has 9 heteroatoms. The van der Waals surface area contributed by atoms with Gasteiger partial charge in [0, 0.05) is 29.8 Å². The van der Waals surface area contributed by atoms with Gasteiger partial charge >= 0.3 is 0 Å². The summed E-state index contributed by atoms with van der Waals surface area (Å²) in [5, 5.41) is 4.85. The van der Waals surface area contributed by atoms with Crippen molar-refractivity contribution in [3.63, 3.8) is 0 Å². The number of nitrogens with zero attached hydrogens (tertiary/aromatic N) is 2. The van der Waals surface area contributed by atoms with Crippen molar-refractivity contribution >= 4 is 22.4 Å². The number of thiazole rings is 1. The van der Waals surface area contributed by atoms with E-state index in [2.05, 4.69) is 15.3 Å². The van der Waals surface area contributed by atoms with Gasteiger partial charge in [-0.05, 0) is 31.5 Å². The first kappa shape index (κ1) is 19.7. The normalized spacial score (nSPS) is 10.8. The second-order valence-electron chi connectivity index (χ2n) is 6.06. The smallest absolute Gasteiger partial charge is 0.257 e. The number of anilines is 1. The molecular weight excluding hydrogens is 388 g/mol. The average Bonchev–Trinajstić information content (AvgIpc) is 3.11. The average molecular weight is 405 g/mol. The molecule has 0 radical (unpaired) electrons. The molecule has 0 aliphatic heterocycles. The maximum atomic E-state index is 13.3. The van der Waals surface area contributed by atoms with Crippen LogP contribution in [-0.4, -0.2) is 22.0 Å². The summed E-state index contributed by atoms with van der Waals surface area (Å²) in [6, 6.07) is 6.00. The fourth-order valence-corrected chi connectivity index (χ4v) is 2.82. The molecule has 1 amide bonds. The minimum atomic E-state index is -0.702. The van der Waals surface area contributed by atoms with Gasteiger partial charge in [0.1, 0.15) is 18.2 Å².